The molecule has 4 N–H and O–H groups in total. The van der Waals surface area contributed by atoms with Crippen LogP contribution in [0.2, 0.25) is 0 Å². The standard InChI is InChI=1S/C20H14N4S2/c21-17-18(13-9-25-15-7-3-1-5-11(13)15)23-20(22)24-19(17)14-10-26-16-8-4-2-6-12(14)16/h1-10H,21H2,(H2,22,23,24). The number of hydrogen-bond donors (Lipinski definition) is 2. The van der Waals surface area contributed by atoms with Crippen molar-refractivity contribution in [2.45, 2.75) is 0 Å². The third-order valence-electron chi connectivity index (χ3n) is 4.44. The quantitative estimate of drug-likeness (QED) is 0.433. The van der Waals surface area contributed by atoms with Crippen molar-refractivity contribution < 1.29 is 0 Å². The molecule has 0 atom stereocenters. The molecule has 0 aliphatic carbocycles. The van der Waals surface area contributed by atoms with Gasteiger partial charge >= 0.3 is 0 Å². The van der Waals surface area contributed by atoms with Crippen LogP contribution in [0.5, 0.6) is 0 Å². The highest BCUT2D eigenvalue weighted by Crippen LogP contribution is 2.41. The summed E-state index contributed by atoms with van der Waals surface area (Å²) in [5.74, 6) is 0.231. The van der Waals surface area contributed by atoms with Crippen LogP contribution in [0.3, 0.4) is 0 Å². The van der Waals surface area contributed by atoms with Crippen molar-refractivity contribution >= 4 is 54.5 Å². The van der Waals surface area contributed by atoms with Gasteiger partial charge in [-0.2, -0.15) is 0 Å². The first-order valence-corrected chi connectivity index (χ1v) is 9.84. The molecule has 5 rings (SSSR count). The van der Waals surface area contributed by atoms with Gasteiger partial charge in [0.25, 0.3) is 0 Å². The highest BCUT2D eigenvalue weighted by molar-refractivity contribution is 7.18. The van der Waals surface area contributed by atoms with Gasteiger partial charge in [-0.05, 0) is 12.1 Å². The lowest BCUT2D eigenvalue weighted by Gasteiger charge is -2.10. The van der Waals surface area contributed by atoms with E-state index in [-0.39, 0.29) is 5.95 Å². The van der Waals surface area contributed by atoms with Crippen LogP contribution >= 0.6 is 22.7 Å². The van der Waals surface area contributed by atoms with Crippen molar-refractivity contribution in [3.05, 3.63) is 59.3 Å². The molecule has 6 heteroatoms. The highest BCUT2D eigenvalue weighted by atomic mass is 32.1. The Balaban J connectivity index is 1.79. The Bertz CT molecular complexity index is 1170. The zero-order chi connectivity index (χ0) is 17.7. The number of anilines is 2. The van der Waals surface area contributed by atoms with E-state index in [0.717, 1.165) is 21.9 Å². The summed E-state index contributed by atoms with van der Waals surface area (Å²) >= 11 is 3.35. The van der Waals surface area contributed by atoms with Gasteiger partial charge in [-0.1, -0.05) is 36.4 Å². The first kappa shape index (κ1) is 15.3. The van der Waals surface area contributed by atoms with E-state index in [0.29, 0.717) is 17.1 Å². The van der Waals surface area contributed by atoms with Crippen LogP contribution in [0.4, 0.5) is 11.6 Å². The molecule has 0 amide bonds. The molecule has 26 heavy (non-hydrogen) atoms. The molecule has 0 aliphatic heterocycles. The van der Waals surface area contributed by atoms with Crippen LogP contribution in [-0.2, 0) is 0 Å². The van der Waals surface area contributed by atoms with Crippen molar-refractivity contribution in [2.75, 3.05) is 11.5 Å². The first-order valence-electron chi connectivity index (χ1n) is 8.08. The Labute approximate surface area is 157 Å². The van der Waals surface area contributed by atoms with Crippen LogP contribution in [0, 0.1) is 0 Å². The monoisotopic (exact) mass is 374 g/mol. The maximum Gasteiger partial charge on any atom is 0.221 e. The number of fused-ring (bicyclic) bond motifs is 2. The zero-order valence-corrected chi connectivity index (χ0v) is 15.3. The molecule has 0 bridgehead atoms. The Morgan fingerprint density at radius 3 is 1.62 bits per heavy atom. The largest absolute Gasteiger partial charge is 0.395 e. The molecule has 0 unspecified atom stereocenters. The van der Waals surface area contributed by atoms with Crippen LogP contribution in [0.1, 0.15) is 0 Å². The average molecular weight is 374 g/mol. The van der Waals surface area contributed by atoms with Crippen molar-refractivity contribution in [3.63, 3.8) is 0 Å². The topological polar surface area (TPSA) is 77.8 Å². The first-order chi connectivity index (χ1) is 12.7. The van der Waals surface area contributed by atoms with Gasteiger partial charge in [0.2, 0.25) is 5.95 Å². The molecule has 4 nitrogen and oxygen atoms in total. The van der Waals surface area contributed by atoms with E-state index in [2.05, 4.69) is 45.0 Å². The van der Waals surface area contributed by atoms with Crippen molar-refractivity contribution in [2.24, 2.45) is 0 Å². The van der Waals surface area contributed by atoms with E-state index in [1.165, 1.54) is 9.40 Å². The number of thiophene rings is 2. The van der Waals surface area contributed by atoms with Gasteiger partial charge in [0.15, 0.2) is 0 Å². The smallest absolute Gasteiger partial charge is 0.221 e. The SMILES string of the molecule is Nc1nc(-c2csc3ccccc23)c(N)c(-c2csc3ccccc23)n1. The lowest BCUT2D eigenvalue weighted by atomic mass is 10.0. The molecular formula is C20H14N4S2. The number of benzene rings is 2. The minimum absolute atomic E-state index is 0.231. The van der Waals surface area contributed by atoms with Crippen LogP contribution in [0.25, 0.3) is 42.7 Å². The third kappa shape index (κ3) is 2.27. The third-order valence-corrected chi connectivity index (χ3v) is 6.36. The molecule has 0 spiro atoms. The number of rotatable bonds is 2. The summed E-state index contributed by atoms with van der Waals surface area (Å²) in [6.07, 6.45) is 0. The molecule has 3 heterocycles. The van der Waals surface area contributed by atoms with Crippen molar-refractivity contribution in [3.8, 4) is 22.5 Å². The fourth-order valence-electron chi connectivity index (χ4n) is 3.22. The molecule has 5 aromatic rings. The number of nitrogen functional groups attached to an aromatic ring is 2. The zero-order valence-electron chi connectivity index (χ0n) is 13.6. The van der Waals surface area contributed by atoms with Crippen LogP contribution < -0.4 is 11.5 Å². The lowest BCUT2D eigenvalue weighted by Crippen LogP contribution is -2.04. The predicted octanol–water partition coefficient (Wildman–Crippen LogP) is 5.40. The summed E-state index contributed by atoms with van der Waals surface area (Å²) in [6, 6.07) is 16.5. The normalized spacial score (nSPS) is 11.4. The molecule has 0 fully saturated rings. The summed E-state index contributed by atoms with van der Waals surface area (Å²) in [4.78, 5) is 8.94. The Morgan fingerprint density at radius 1 is 0.654 bits per heavy atom. The van der Waals surface area contributed by atoms with Crippen LogP contribution in [-0.4, -0.2) is 9.97 Å². The maximum absolute atomic E-state index is 6.55. The summed E-state index contributed by atoms with van der Waals surface area (Å²) in [7, 11) is 0. The molecule has 0 aliphatic rings. The molecule has 0 radical (unpaired) electrons. The molecule has 2 aromatic carbocycles. The van der Waals surface area contributed by atoms with E-state index in [1.807, 2.05) is 24.3 Å². The summed E-state index contributed by atoms with van der Waals surface area (Å²) in [5.41, 5.74) is 16.6. The van der Waals surface area contributed by atoms with Gasteiger partial charge in [0.05, 0.1) is 5.69 Å². The van der Waals surface area contributed by atoms with Gasteiger partial charge in [-0.15, -0.1) is 22.7 Å². The number of nitrogens with two attached hydrogens (primary N) is 2. The van der Waals surface area contributed by atoms with Gasteiger partial charge in [0.1, 0.15) is 11.4 Å². The van der Waals surface area contributed by atoms with E-state index < -0.39 is 0 Å². The summed E-state index contributed by atoms with van der Waals surface area (Å²) < 4.78 is 2.39. The van der Waals surface area contributed by atoms with Gasteiger partial charge in [-0.3, -0.25) is 0 Å². The number of hydrogen-bond acceptors (Lipinski definition) is 6. The van der Waals surface area contributed by atoms with Crippen molar-refractivity contribution in [1.29, 1.82) is 0 Å². The second-order valence-corrected chi connectivity index (χ2v) is 7.81. The minimum Gasteiger partial charge on any atom is -0.395 e. The number of nitrogens with zero attached hydrogens (tertiary/aromatic N) is 2. The van der Waals surface area contributed by atoms with E-state index in [9.17, 15) is 0 Å². The maximum atomic E-state index is 6.55. The molecular weight excluding hydrogens is 360 g/mol. The van der Waals surface area contributed by atoms with Gasteiger partial charge in [0, 0.05) is 42.1 Å². The van der Waals surface area contributed by atoms with Gasteiger partial charge < -0.3 is 11.5 Å². The van der Waals surface area contributed by atoms with E-state index in [1.54, 1.807) is 22.7 Å². The predicted molar refractivity (Wildman–Crippen MR) is 112 cm³/mol. The van der Waals surface area contributed by atoms with E-state index >= 15 is 0 Å². The fraction of sp³-hybridized carbons (Fsp3) is 0. The molecule has 0 saturated heterocycles. The Kier molecular flexibility index (Phi) is 3.41. The van der Waals surface area contributed by atoms with E-state index in [4.69, 9.17) is 11.5 Å². The highest BCUT2D eigenvalue weighted by Gasteiger charge is 2.19. The minimum atomic E-state index is 0.231. The fourth-order valence-corrected chi connectivity index (χ4v) is 5.11. The van der Waals surface area contributed by atoms with Gasteiger partial charge in [-0.25, -0.2) is 9.97 Å². The lowest BCUT2D eigenvalue weighted by molar-refractivity contribution is 1.20. The van der Waals surface area contributed by atoms with Crippen LogP contribution in [0.15, 0.2) is 59.3 Å². The summed E-state index contributed by atoms with van der Waals surface area (Å²) in [5, 5.41) is 6.42. The number of aromatic nitrogens is 2. The second-order valence-electron chi connectivity index (χ2n) is 5.98. The van der Waals surface area contributed by atoms with Crippen molar-refractivity contribution in [1.82, 2.24) is 9.97 Å². The Morgan fingerprint density at radius 2 is 1.12 bits per heavy atom. The average Bonchev–Trinajstić information content (AvgIpc) is 3.28. The second kappa shape index (κ2) is 5.79. The summed E-state index contributed by atoms with van der Waals surface area (Å²) in [6.45, 7) is 0. The molecule has 126 valence electrons. The molecule has 3 aromatic heterocycles. The Hall–Kier alpha value is -2.96. The molecule has 0 saturated carbocycles.